The Kier molecular flexibility index (Phi) is 4.86. The molecule has 9 heteroatoms. The lowest BCUT2D eigenvalue weighted by atomic mass is 10.0. The summed E-state index contributed by atoms with van der Waals surface area (Å²) in [4.78, 5) is 26.6. The highest BCUT2D eigenvalue weighted by Gasteiger charge is 2.29. The van der Waals surface area contributed by atoms with Crippen molar-refractivity contribution in [3.8, 4) is 0 Å². The number of nitrogens with zero attached hydrogens (tertiary/aromatic N) is 6. The molecule has 4 aromatic heterocycles. The van der Waals surface area contributed by atoms with Crippen LogP contribution in [0.4, 0.5) is 0 Å². The SMILES string of the molecule is CC(C)(O)CCCn1c(Cn2c(=O)n(C3CC3)c3ccncc32)nc2nc(Cl)ccc21. The predicted octanol–water partition coefficient (Wildman–Crippen LogP) is 3.53. The van der Waals surface area contributed by atoms with Crippen LogP contribution < -0.4 is 5.69 Å². The number of fused-ring (bicyclic) bond motifs is 2. The summed E-state index contributed by atoms with van der Waals surface area (Å²) in [6, 6.07) is 5.82. The molecule has 1 aliphatic carbocycles. The smallest absolute Gasteiger partial charge is 0.329 e. The molecule has 31 heavy (non-hydrogen) atoms. The second-order valence-electron chi connectivity index (χ2n) is 8.91. The second kappa shape index (κ2) is 7.46. The van der Waals surface area contributed by atoms with Gasteiger partial charge in [0.1, 0.15) is 11.0 Å². The van der Waals surface area contributed by atoms with Gasteiger partial charge in [0.25, 0.3) is 0 Å². The van der Waals surface area contributed by atoms with Gasteiger partial charge in [0.15, 0.2) is 5.65 Å². The Morgan fingerprint density at radius 3 is 2.68 bits per heavy atom. The first-order valence-corrected chi connectivity index (χ1v) is 11.0. The molecule has 0 spiro atoms. The molecule has 162 valence electrons. The van der Waals surface area contributed by atoms with Crippen LogP contribution in [0.1, 0.15) is 51.4 Å². The maximum Gasteiger partial charge on any atom is 0.329 e. The van der Waals surface area contributed by atoms with E-state index in [4.69, 9.17) is 16.6 Å². The summed E-state index contributed by atoms with van der Waals surface area (Å²) in [5.41, 5.74) is 2.37. The number of aryl methyl sites for hydroxylation is 1. The van der Waals surface area contributed by atoms with Crippen molar-refractivity contribution in [2.75, 3.05) is 0 Å². The minimum Gasteiger partial charge on any atom is -0.390 e. The average Bonchev–Trinajstić information content (AvgIpc) is 3.43. The molecule has 0 aromatic carbocycles. The number of aliphatic hydroxyl groups is 1. The molecule has 0 atom stereocenters. The zero-order chi connectivity index (χ0) is 21.8. The topological polar surface area (TPSA) is 90.8 Å². The molecule has 0 unspecified atom stereocenters. The van der Waals surface area contributed by atoms with E-state index in [9.17, 15) is 9.90 Å². The van der Waals surface area contributed by atoms with Crippen molar-refractivity contribution in [1.29, 1.82) is 0 Å². The maximum absolute atomic E-state index is 13.3. The Labute approximate surface area is 184 Å². The Hall–Kier alpha value is -2.71. The van der Waals surface area contributed by atoms with Gasteiger partial charge in [-0.3, -0.25) is 14.1 Å². The lowest BCUT2D eigenvalue weighted by molar-refractivity contribution is 0.0675. The van der Waals surface area contributed by atoms with E-state index in [0.717, 1.165) is 41.6 Å². The van der Waals surface area contributed by atoms with Gasteiger partial charge in [0.05, 0.1) is 34.9 Å². The number of hydrogen-bond acceptors (Lipinski definition) is 5. The van der Waals surface area contributed by atoms with Gasteiger partial charge < -0.3 is 9.67 Å². The first-order valence-electron chi connectivity index (χ1n) is 10.6. The Morgan fingerprint density at radius 2 is 1.94 bits per heavy atom. The van der Waals surface area contributed by atoms with E-state index in [0.29, 0.717) is 30.3 Å². The van der Waals surface area contributed by atoms with E-state index in [1.165, 1.54) is 0 Å². The standard InChI is InChI=1S/C22H25ClN6O2/c1-22(2,31)9-3-11-27-16-6-7-18(23)25-20(16)26-19(27)13-28-17-12-24-10-8-15(17)29(21(28)30)14-4-5-14/h6-8,10,12,14,31H,3-5,9,11,13H2,1-2H3. The zero-order valence-electron chi connectivity index (χ0n) is 17.6. The quantitative estimate of drug-likeness (QED) is 0.444. The molecular formula is C22H25ClN6O2. The summed E-state index contributed by atoms with van der Waals surface area (Å²) in [5, 5.41) is 10.5. The van der Waals surface area contributed by atoms with E-state index < -0.39 is 5.60 Å². The summed E-state index contributed by atoms with van der Waals surface area (Å²) >= 11 is 6.09. The lowest BCUT2D eigenvalue weighted by Gasteiger charge is -2.17. The third kappa shape index (κ3) is 3.85. The number of hydrogen-bond donors (Lipinski definition) is 1. The number of pyridine rings is 2. The van der Waals surface area contributed by atoms with E-state index in [2.05, 4.69) is 14.5 Å². The monoisotopic (exact) mass is 440 g/mol. The van der Waals surface area contributed by atoms with E-state index in [1.807, 2.05) is 16.7 Å². The summed E-state index contributed by atoms with van der Waals surface area (Å²) < 4.78 is 5.71. The molecule has 0 radical (unpaired) electrons. The first kappa shape index (κ1) is 20.2. The fourth-order valence-corrected chi connectivity index (χ4v) is 4.32. The van der Waals surface area contributed by atoms with Crippen LogP contribution in [0.2, 0.25) is 5.15 Å². The molecule has 4 heterocycles. The zero-order valence-corrected chi connectivity index (χ0v) is 18.4. The Balaban J connectivity index is 1.58. The highest BCUT2D eigenvalue weighted by molar-refractivity contribution is 6.29. The second-order valence-corrected chi connectivity index (χ2v) is 9.29. The average molecular weight is 441 g/mol. The summed E-state index contributed by atoms with van der Waals surface area (Å²) in [7, 11) is 0. The van der Waals surface area contributed by atoms with Gasteiger partial charge >= 0.3 is 5.69 Å². The number of imidazole rings is 2. The van der Waals surface area contributed by atoms with Crippen LogP contribution in [0, 0.1) is 0 Å². The van der Waals surface area contributed by atoms with Crippen LogP contribution >= 0.6 is 11.6 Å². The van der Waals surface area contributed by atoms with Gasteiger partial charge in [-0.1, -0.05) is 11.6 Å². The molecular weight excluding hydrogens is 416 g/mol. The van der Waals surface area contributed by atoms with Crippen molar-refractivity contribution in [2.24, 2.45) is 0 Å². The highest BCUT2D eigenvalue weighted by atomic mass is 35.5. The lowest BCUT2D eigenvalue weighted by Crippen LogP contribution is -2.25. The van der Waals surface area contributed by atoms with Crippen LogP contribution in [-0.4, -0.2) is 39.4 Å². The molecule has 0 amide bonds. The minimum absolute atomic E-state index is 0.0356. The van der Waals surface area contributed by atoms with Gasteiger partial charge in [0.2, 0.25) is 0 Å². The number of rotatable bonds is 7. The van der Waals surface area contributed by atoms with Crippen molar-refractivity contribution < 1.29 is 5.11 Å². The van der Waals surface area contributed by atoms with E-state index in [1.54, 1.807) is 36.9 Å². The maximum atomic E-state index is 13.3. The molecule has 0 saturated heterocycles. The van der Waals surface area contributed by atoms with Gasteiger partial charge in [-0.25, -0.2) is 14.8 Å². The predicted molar refractivity (Wildman–Crippen MR) is 119 cm³/mol. The van der Waals surface area contributed by atoms with Gasteiger partial charge in [-0.15, -0.1) is 0 Å². The summed E-state index contributed by atoms with van der Waals surface area (Å²) in [6.07, 6.45) is 6.94. The molecule has 4 aromatic rings. The third-order valence-corrected chi connectivity index (χ3v) is 6.02. The van der Waals surface area contributed by atoms with Crippen molar-refractivity contribution in [3.63, 3.8) is 0 Å². The van der Waals surface area contributed by atoms with Crippen molar-refractivity contribution >= 4 is 33.8 Å². The van der Waals surface area contributed by atoms with Gasteiger partial charge in [-0.05, 0) is 57.7 Å². The molecule has 5 rings (SSSR count). The normalized spacial score (nSPS) is 14.7. The Morgan fingerprint density at radius 1 is 1.13 bits per heavy atom. The van der Waals surface area contributed by atoms with E-state index in [-0.39, 0.29) is 11.7 Å². The fourth-order valence-electron chi connectivity index (χ4n) is 4.18. The number of halogens is 1. The Bertz CT molecular complexity index is 1330. The highest BCUT2D eigenvalue weighted by Crippen LogP contribution is 2.36. The van der Waals surface area contributed by atoms with E-state index >= 15 is 0 Å². The van der Waals surface area contributed by atoms with Gasteiger partial charge in [0, 0.05) is 18.8 Å². The van der Waals surface area contributed by atoms with Crippen LogP contribution in [0.25, 0.3) is 22.2 Å². The molecule has 1 N–H and O–H groups in total. The minimum atomic E-state index is -0.738. The molecule has 1 saturated carbocycles. The van der Waals surface area contributed by atoms with Crippen LogP contribution in [-0.2, 0) is 13.1 Å². The summed E-state index contributed by atoms with van der Waals surface area (Å²) in [5.74, 6) is 0.737. The summed E-state index contributed by atoms with van der Waals surface area (Å²) in [6.45, 7) is 4.59. The first-order chi connectivity index (χ1) is 14.8. The number of aromatic nitrogens is 6. The molecule has 8 nitrogen and oxygen atoms in total. The molecule has 0 bridgehead atoms. The largest absolute Gasteiger partial charge is 0.390 e. The third-order valence-electron chi connectivity index (χ3n) is 5.80. The van der Waals surface area contributed by atoms with Crippen LogP contribution in [0.3, 0.4) is 0 Å². The van der Waals surface area contributed by atoms with Crippen molar-refractivity contribution in [3.05, 3.63) is 52.1 Å². The molecule has 1 aliphatic rings. The van der Waals surface area contributed by atoms with Crippen molar-refractivity contribution in [1.82, 2.24) is 28.7 Å². The van der Waals surface area contributed by atoms with Crippen LogP contribution in [0.15, 0.2) is 35.4 Å². The fraction of sp³-hybridized carbons (Fsp3) is 0.455. The van der Waals surface area contributed by atoms with Crippen LogP contribution in [0.5, 0.6) is 0 Å². The molecule has 0 aliphatic heterocycles. The van der Waals surface area contributed by atoms with Gasteiger partial charge in [-0.2, -0.15) is 0 Å². The molecule has 1 fully saturated rings. The van der Waals surface area contributed by atoms with Crippen molar-refractivity contribution in [2.45, 2.75) is 64.3 Å².